The van der Waals surface area contributed by atoms with E-state index in [1.54, 1.807) is 4.90 Å². The van der Waals surface area contributed by atoms with Gasteiger partial charge in [-0.15, -0.1) is 0 Å². The normalized spacial score (nSPS) is 18.9. The number of nitrogens with one attached hydrogen (secondary N) is 1. The van der Waals surface area contributed by atoms with Crippen LogP contribution in [0.3, 0.4) is 0 Å². The van der Waals surface area contributed by atoms with Crippen molar-refractivity contribution < 1.29 is 19.5 Å². The van der Waals surface area contributed by atoms with E-state index in [1.807, 2.05) is 51.1 Å². The van der Waals surface area contributed by atoms with Crippen LogP contribution in [0.15, 0.2) is 30.3 Å². The summed E-state index contributed by atoms with van der Waals surface area (Å²) in [6.45, 7) is 6.57. The van der Waals surface area contributed by atoms with E-state index in [4.69, 9.17) is 0 Å². The summed E-state index contributed by atoms with van der Waals surface area (Å²) in [4.78, 5) is 38.3. The fourth-order valence-electron chi connectivity index (χ4n) is 3.19. The number of nitrogens with zero attached hydrogens (tertiary/aromatic N) is 1. The van der Waals surface area contributed by atoms with Gasteiger partial charge in [0.15, 0.2) is 0 Å². The zero-order valence-corrected chi connectivity index (χ0v) is 15.7. The number of hydrogen-bond donors (Lipinski definition) is 2. The maximum absolute atomic E-state index is 12.6. The van der Waals surface area contributed by atoms with Gasteiger partial charge in [0.25, 0.3) is 0 Å². The number of carboxylic acids is 1. The Kier molecular flexibility index (Phi) is 6.40. The maximum atomic E-state index is 12.6. The molecule has 0 saturated carbocycles. The Balaban J connectivity index is 2.00. The molecule has 0 radical (unpaired) electrons. The van der Waals surface area contributed by atoms with Crippen LogP contribution in [0.25, 0.3) is 0 Å². The summed E-state index contributed by atoms with van der Waals surface area (Å²) in [6.07, 6.45) is 1.65. The summed E-state index contributed by atoms with van der Waals surface area (Å²) >= 11 is 0. The molecule has 1 aromatic carbocycles. The van der Waals surface area contributed by atoms with Gasteiger partial charge in [-0.05, 0) is 18.4 Å². The average molecular weight is 360 g/mol. The first-order valence-electron chi connectivity index (χ1n) is 9.05. The monoisotopic (exact) mass is 360 g/mol. The number of rotatable bonds is 5. The molecule has 1 aliphatic rings. The van der Waals surface area contributed by atoms with Crippen LogP contribution in [0.4, 0.5) is 0 Å². The number of piperidine rings is 1. The predicted molar refractivity (Wildman–Crippen MR) is 98.5 cm³/mol. The Hall–Kier alpha value is -2.37. The van der Waals surface area contributed by atoms with Gasteiger partial charge in [0.05, 0.1) is 5.92 Å². The second-order valence-electron chi connectivity index (χ2n) is 7.93. The zero-order valence-electron chi connectivity index (χ0n) is 15.7. The van der Waals surface area contributed by atoms with Crippen molar-refractivity contribution in [2.45, 2.75) is 46.1 Å². The number of benzene rings is 1. The number of aliphatic carboxylic acids is 1. The number of amides is 2. The molecule has 0 bridgehead atoms. The van der Waals surface area contributed by atoms with Crippen LogP contribution >= 0.6 is 0 Å². The lowest BCUT2D eigenvalue weighted by Crippen LogP contribution is -2.51. The molecule has 6 heteroatoms. The van der Waals surface area contributed by atoms with Gasteiger partial charge < -0.3 is 15.3 Å². The Bertz CT molecular complexity index is 652. The first kappa shape index (κ1) is 19.9. The second-order valence-corrected chi connectivity index (χ2v) is 7.93. The van der Waals surface area contributed by atoms with Gasteiger partial charge in [-0.25, -0.2) is 4.79 Å². The fourth-order valence-corrected chi connectivity index (χ4v) is 3.19. The van der Waals surface area contributed by atoms with Crippen molar-refractivity contribution >= 4 is 17.8 Å². The van der Waals surface area contributed by atoms with E-state index in [0.717, 1.165) is 12.0 Å². The molecule has 1 aliphatic heterocycles. The molecule has 1 unspecified atom stereocenters. The van der Waals surface area contributed by atoms with Crippen LogP contribution < -0.4 is 5.32 Å². The summed E-state index contributed by atoms with van der Waals surface area (Å²) in [5.74, 6) is -1.69. The number of carboxylic acid groups (broad SMARTS) is 1. The van der Waals surface area contributed by atoms with Crippen molar-refractivity contribution in [3.63, 3.8) is 0 Å². The highest BCUT2D eigenvalue weighted by Crippen LogP contribution is 2.23. The molecular weight excluding hydrogens is 332 g/mol. The van der Waals surface area contributed by atoms with Crippen LogP contribution in [-0.4, -0.2) is 46.9 Å². The lowest BCUT2D eigenvalue weighted by atomic mass is 9.90. The third-order valence-electron chi connectivity index (χ3n) is 4.62. The van der Waals surface area contributed by atoms with Gasteiger partial charge in [-0.3, -0.25) is 9.59 Å². The van der Waals surface area contributed by atoms with Crippen LogP contribution in [0.1, 0.15) is 39.2 Å². The highest BCUT2D eigenvalue weighted by atomic mass is 16.4. The second kappa shape index (κ2) is 8.34. The molecule has 1 heterocycles. The van der Waals surface area contributed by atoms with E-state index in [-0.39, 0.29) is 24.2 Å². The molecule has 1 aromatic rings. The lowest BCUT2D eigenvalue weighted by Gasteiger charge is -2.36. The standard InChI is InChI=1S/C20H28N2O4/c1-20(2,3)19(26)22-11-7-10-15(13-22)17(23)21-16(18(24)25)12-14-8-5-4-6-9-14/h4-6,8-9,15-16H,7,10-13H2,1-3H3,(H,21,23)(H,24,25)/t15?,16-/m1/s1. The summed E-state index contributed by atoms with van der Waals surface area (Å²) in [5.41, 5.74) is 0.364. The minimum absolute atomic E-state index is 0.0223. The van der Waals surface area contributed by atoms with Crippen molar-refractivity contribution in [3.05, 3.63) is 35.9 Å². The van der Waals surface area contributed by atoms with Crippen molar-refractivity contribution in [1.29, 1.82) is 0 Å². The van der Waals surface area contributed by atoms with E-state index in [9.17, 15) is 19.5 Å². The van der Waals surface area contributed by atoms with Crippen LogP contribution in [-0.2, 0) is 20.8 Å². The van der Waals surface area contributed by atoms with Crippen LogP contribution in [0.2, 0.25) is 0 Å². The van der Waals surface area contributed by atoms with E-state index < -0.39 is 17.4 Å². The number of carbonyl (C=O) groups is 3. The minimum Gasteiger partial charge on any atom is -0.480 e. The first-order chi connectivity index (χ1) is 12.2. The maximum Gasteiger partial charge on any atom is 0.326 e. The fraction of sp³-hybridized carbons (Fsp3) is 0.550. The predicted octanol–water partition coefficient (Wildman–Crippen LogP) is 2.08. The molecule has 1 saturated heterocycles. The van der Waals surface area contributed by atoms with E-state index >= 15 is 0 Å². The lowest BCUT2D eigenvalue weighted by molar-refractivity contribution is -0.145. The summed E-state index contributed by atoms with van der Waals surface area (Å²) in [7, 11) is 0. The van der Waals surface area contributed by atoms with Gasteiger partial charge in [0, 0.05) is 24.9 Å². The van der Waals surface area contributed by atoms with Gasteiger partial charge in [0.2, 0.25) is 11.8 Å². The van der Waals surface area contributed by atoms with E-state index in [0.29, 0.717) is 19.5 Å². The molecule has 1 fully saturated rings. The molecule has 0 spiro atoms. The smallest absolute Gasteiger partial charge is 0.326 e. The molecule has 2 rings (SSSR count). The van der Waals surface area contributed by atoms with E-state index in [1.165, 1.54) is 0 Å². The molecule has 2 amide bonds. The third-order valence-corrected chi connectivity index (χ3v) is 4.62. The van der Waals surface area contributed by atoms with Crippen LogP contribution in [0, 0.1) is 11.3 Å². The Morgan fingerprint density at radius 2 is 1.88 bits per heavy atom. The molecule has 0 aliphatic carbocycles. The van der Waals surface area contributed by atoms with Gasteiger partial charge in [-0.1, -0.05) is 51.1 Å². The van der Waals surface area contributed by atoms with Crippen molar-refractivity contribution in [3.8, 4) is 0 Å². The summed E-state index contributed by atoms with van der Waals surface area (Å²) in [6, 6.07) is 8.25. The highest BCUT2D eigenvalue weighted by molar-refractivity contribution is 5.86. The molecule has 26 heavy (non-hydrogen) atoms. The SMILES string of the molecule is CC(C)(C)C(=O)N1CCCC(C(=O)N[C@H](Cc2ccccc2)C(=O)O)C1. The van der Waals surface area contributed by atoms with Gasteiger partial charge >= 0.3 is 5.97 Å². The largest absolute Gasteiger partial charge is 0.480 e. The summed E-state index contributed by atoms with van der Waals surface area (Å²) < 4.78 is 0. The van der Waals surface area contributed by atoms with E-state index in [2.05, 4.69) is 5.32 Å². The Morgan fingerprint density at radius 1 is 1.23 bits per heavy atom. The molecule has 0 aromatic heterocycles. The summed E-state index contributed by atoms with van der Waals surface area (Å²) in [5, 5.41) is 12.1. The molecule has 142 valence electrons. The first-order valence-corrected chi connectivity index (χ1v) is 9.05. The Morgan fingerprint density at radius 3 is 2.46 bits per heavy atom. The number of carbonyl (C=O) groups excluding carboxylic acids is 2. The highest BCUT2D eigenvalue weighted by Gasteiger charge is 2.34. The van der Waals surface area contributed by atoms with Gasteiger partial charge in [-0.2, -0.15) is 0 Å². The van der Waals surface area contributed by atoms with Gasteiger partial charge in [0.1, 0.15) is 6.04 Å². The van der Waals surface area contributed by atoms with Crippen molar-refractivity contribution in [2.75, 3.05) is 13.1 Å². The third kappa shape index (κ3) is 5.31. The Labute approximate surface area is 154 Å². The minimum atomic E-state index is -1.05. The topological polar surface area (TPSA) is 86.7 Å². The van der Waals surface area contributed by atoms with Crippen molar-refractivity contribution in [2.24, 2.45) is 11.3 Å². The molecule has 2 N–H and O–H groups in total. The zero-order chi connectivity index (χ0) is 19.3. The quantitative estimate of drug-likeness (QED) is 0.842. The number of hydrogen-bond acceptors (Lipinski definition) is 3. The molecule has 6 nitrogen and oxygen atoms in total. The average Bonchev–Trinajstić information content (AvgIpc) is 2.60. The number of likely N-dealkylation sites (tertiary alicyclic amines) is 1. The van der Waals surface area contributed by atoms with Crippen molar-refractivity contribution in [1.82, 2.24) is 10.2 Å². The molecule has 2 atom stereocenters. The molecular formula is C20H28N2O4. The van der Waals surface area contributed by atoms with Crippen LogP contribution in [0.5, 0.6) is 0 Å².